The van der Waals surface area contributed by atoms with Gasteiger partial charge in [-0.3, -0.25) is 14.6 Å². The number of amides is 1. The lowest BCUT2D eigenvalue weighted by Crippen LogP contribution is -2.23. The van der Waals surface area contributed by atoms with E-state index < -0.39 is 12.8 Å². The number of rotatable bonds is 8. The molecule has 0 fully saturated rings. The Morgan fingerprint density at radius 3 is 2.50 bits per heavy atom. The SMILES string of the molecule is CC(=O)Cc1cc(C(=O)NCc2cnc(OCC(F)(F)F)c(-c3ccccc3)c2)ccn1. The Bertz CT molecular complexity index is 1100. The normalized spacial score (nSPS) is 11.1. The molecule has 1 aromatic carbocycles. The first-order chi connectivity index (χ1) is 15.2. The summed E-state index contributed by atoms with van der Waals surface area (Å²) in [5.41, 5.74) is 2.43. The molecule has 0 aliphatic rings. The zero-order chi connectivity index (χ0) is 23.1. The smallest absolute Gasteiger partial charge is 0.422 e. The van der Waals surface area contributed by atoms with Gasteiger partial charge in [-0.1, -0.05) is 30.3 Å². The van der Waals surface area contributed by atoms with Crippen molar-refractivity contribution in [2.24, 2.45) is 0 Å². The summed E-state index contributed by atoms with van der Waals surface area (Å²) >= 11 is 0. The van der Waals surface area contributed by atoms with E-state index in [2.05, 4.69) is 15.3 Å². The molecule has 6 nitrogen and oxygen atoms in total. The number of Topliss-reactive ketones (excluding diaryl/α,β-unsaturated/α-hetero) is 1. The predicted octanol–water partition coefficient (Wildman–Crippen LogP) is 4.15. The number of nitrogens with zero attached hydrogens (tertiary/aromatic N) is 2. The molecule has 166 valence electrons. The standard InChI is InChI=1S/C23H20F3N3O3/c1-15(30)9-19-11-18(7-8-27-19)21(31)28-12-16-10-20(17-5-3-2-4-6-17)22(29-13-16)32-14-23(24,25)26/h2-8,10-11,13H,9,12,14H2,1H3,(H,28,31). The lowest BCUT2D eigenvalue weighted by molar-refractivity contribution is -0.154. The zero-order valence-corrected chi connectivity index (χ0v) is 17.1. The molecule has 0 aliphatic heterocycles. The van der Waals surface area contributed by atoms with Crippen molar-refractivity contribution in [2.75, 3.05) is 6.61 Å². The molecule has 2 aromatic heterocycles. The fourth-order valence-corrected chi connectivity index (χ4v) is 2.94. The van der Waals surface area contributed by atoms with Crippen LogP contribution in [-0.4, -0.2) is 34.4 Å². The average Bonchev–Trinajstić information content (AvgIpc) is 2.76. The third kappa shape index (κ3) is 6.63. The van der Waals surface area contributed by atoms with Crippen LogP contribution >= 0.6 is 0 Å². The highest BCUT2D eigenvalue weighted by Gasteiger charge is 2.29. The summed E-state index contributed by atoms with van der Waals surface area (Å²) in [6.07, 6.45) is -1.56. The van der Waals surface area contributed by atoms with E-state index in [1.807, 2.05) is 0 Å². The van der Waals surface area contributed by atoms with Gasteiger partial charge in [0, 0.05) is 42.2 Å². The van der Waals surface area contributed by atoms with Crippen molar-refractivity contribution < 1.29 is 27.5 Å². The van der Waals surface area contributed by atoms with Crippen LogP contribution in [0, 0.1) is 0 Å². The number of carbonyl (C=O) groups is 2. The summed E-state index contributed by atoms with van der Waals surface area (Å²) in [6.45, 7) is 0.0734. The van der Waals surface area contributed by atoms with Crippen LogP contribution in [-0.2, 0) is 17.8 Å². The van der Waals surface area contributed by atoms with Gasteiger partial charge in [0.25, 0.3) is 5.91 Å². The van der Waals surface area contributed by atoms with Gasteiger partial charge in [0.1, 0.15) is 5.78 Å². The van der Waals surface area contributed by atoms with Gasteiger partial charge in [0.2, 0.25) is 5.88 Å². The van der Waals surface area contributed by atoms with Gasteiger partial charge in [0.15, 0.2) is 6.61 Å². The molecule has 0 radical (unpaired) electrons. The molecule has 0 saturated heterocycles. The number of hydrogen-bond acceptors (Lipinski definition) is 5. The second kappa shape index (κ2) is 10.0. The predicted molar refractivity (Wildman–Crippen MR) is 111 cm³/mol. The van der Waals surface area contributed by atoms with E-state index in [4.69, 9.17) is 4.74 Å². The minimum Gasteiger partial charge on any atom is -0.468 e. The first-order valence-electron chi connectivity index (χ1n) is 9.68. The number of alkyl halides is 3. The molecule has 1 amide bonds. The minimum atomic E-state index is -4.49. The maximum atomic E-state index is 12.6. The molecule has 32 heavy (non-hydrogen) atoms. The molecular formula is C23H20F3N3O3. The second-order valence-corrected chi connectivity index (χ2v) is 7.06. The highest BCUT2D eigenvalue weighted by Crippen LogP contribution is 2.30. The lowest BCUT2D eigenvalue weighted by Gasteiger charge is -2.14. The topological polar surface area (TPSA) is 81.2 Å². The number of aromatic nitrogens is 2. The molecule has 3 aromatic rings. The highest BCUT2D eigenvalue weighted by molar-refractivity contribution is 5.94. The van der Waals surface area contributed by atoms with Crippen LogP contribution in [0.3, 0.4) is 0 Å². The molecule has 3 rings (SSSR count). The first kappa shape index (κ1) is 22.9. The van der Waals surface area contributed by atoms with E-state index >= 15 is 0 Å². The zero-order valence-electron chi connectivity index (χ0n) is 17.1. The van der Waals surface area contributed by atoms with Gasteiger partial charge in [-0.15, -0.1) is 0 Å². The number of benzene rings is 1. The summed E-state index contributed by atoms with van der Waals surface area (Å²) in [4.78, 5) is 31.9. The number of ether oxygens (including phenoxy) is 1. The number of halogens is 3. The molecule has 0 unspecified atom stereocenters. The van der Waals surface area contributed by atoms with Crippen molar-refractivity contribution >= 4 is 11.7 Å². The van der Waals surface area contributed by atoms with Gasteiger partial charge in [0.05, 0.1) is 0 Å². The van der Waals surface area contributed by atoms with E-state index in [0.29, 0.717) is 27.9 Å². The molecular weight excluding hydrogens is 423 g/mol. The summed E-state index contributed by atoms with van der Waals surface area (Å²) < 4.78 is 42.7. The summed E-state index contributed by atoms with van der Waals surface area (Å²) in [7, 11) is 0. The fourth-order valence-electron chi connectivity index (χ4n) is 2.94. The Morgan fingerprint density at radius 2 is 1.81 bits per heavy atom. The van der Waals surface area contributed by atoms with E-state index in [9.17, 15) is 22.8 Å². The molecule has 0 spiro atoms. The van der Waals surface area contributed by atoms with E-state index in [1.54, 1.807) is 42.5 Å². The molecule has 0 aliphatic carbocycles. The summed E-state index contributed by atoms with van der Waals surface area (Å²) in [5.74, 6) is -0.593. The van der Waals surface area contributed by atoms with Crippen LogP contribution < -0.4 is 10.1 Å². The Balaban J connectivity index is 1.77. The van der Waals surface area contributed by atoms with Crippen LogP contribution in [0.15, 0.2) is 60.9 Å². The van der Waals surface area contributed by atoms with Crippen LogP contribution in [0.1, 0.15) is 28.5 Å². The van der Waals surface area contributed by atoms with Crippen LogP contribution in [0.4, 0.5) is 13.2 Å². The largest absolute Gasteiger partial charge is 0.468 e. The second-order valence-electron chi connectivity index (χ2n) is 7.06. The molecule has 9 heteroatoms. The van der Waals surface area contributed by atoms with Crippen molar-refractivity contribution in [3.05, 3.63) is 77.7 Å². The summed E-state index contributed by atoms with van der Waals surface area (Å²) in [6, 6.07) is 13.4. The quantitative estimate of drug-likeness (QED) is 0.566. The van der Waals surface area contributed by atoms with Gasteiger partial charge in [-0.05, 0) is 36.2 Å². The van der Waals surface area contributed by atoms with Crippen LogP contribution in [0.5, 0.6) is 5.88 Å². The Morgan fingerprint density at radius 1 is 1.06 bits per heavy atom. The Kier molecular flexibility index (Phi) is 7.19. The van der Waals surface area contributed by atoms with E-state index in [0.717, 1.165) is 0 Å². The third-order valence-corrected chi connectivity index (χ3v) is 4.33. The molecule has 1 N–H and O–H groups in total. The Labute approximate surface area is 182 Å². The van der Waals surface area contributed by atoms with Crippen LogP contribution in [0.25, 0.3) is 11.1 Å². The third-order valence-electron chi connectivity index (χ3n) is 4.33. The van der Waals surface area contributed by atoms with Gasteiger partial charge >= 0.3 is 6.18 Å². The van der Waals surface area contributed by atoms with Crippen molar-refractivity contribution in [3.63, 3.8) is 0 Å². The number of hydrogen-bond donors (Lipinski definition) is 1. The van der Waals surface area contributed by atoms with Gasteiger partial charge < -0.3 is 10.1 Å². The highest BCUT2D eigenvalue weighted by atomic mass is 19.4. The number of ketones is 1. The summed E-state index contributed by atoms with van der Waals surface area (Å²) in [5, 5.41) is 2.74. The van der Waals surface area contributed by atoms with Crippen molar-refractivity contribution in [3.8, 4) is 17.0 Å². The molecule has 0 saturated carbocycles. The van der Waals surface area contributed by atoms with Crippen molar-refractivity contribution in [1.82, 2.24) is 15.3 Å². The maximum Gasteiger partial charge on any atom is 0.422 e. The van der Waals surface area contributed by atoms with Crippen molar-refractivity contribution in [2.45, 2.75) is 26.1 Å². The van der Waals surface area contributed by atoms with Crippen molar-refractivity contribution in [1.29, 1.82) is 0 Å². The van der Waals surface area contributed by atoms with Gasteiger partial charge in [-0.2, -0.15) is 13.2 Å². The van der Waals surface area contributed by atoms with E-state index in [-0.39, 0.29) is 30.5 Å². The molecule has 0 bridgehead atoms. The van der Waals surface area contributed by atoms with Crippen LogP contribution in [0.2, 0.25) is 0 Å². The minimum absolute atomic E-state index is 0.0672. The first-order valence-corrected chi connectivity index (χ1v) is 9.68. The fraction of sp³-hybridized carbons (Fsp3) is 0.217. The maximum absolute atomic E-state index is 12.6. The molecule has 0 atom stereocenters. The lowest BCUT2D eigenvalue weighted by atomic mass is 10.1. The average molecular weight is 443 g/mol. The van der Waals surface area contributed by atoms with E-state index in [1.165, 1.54) is 25.4 Å². The number of nitrogens with one attached hydrogen (secondary N) is 1. The number of pyridine rings is 2. The monoisotopic (exact) mass is 443 g/mol. The van der Waals surface area contributed by atoms with Gasteiger partial charge in [-0.25, -0.2) is 4.98 Å². The Hall–Kier alpha value is -3.75. The number of carbonyl (C=O) groups excluding carboxylic acids is 2. The molecule has 2 heterocycles.